The van der Waals surface area contributed by atoms with Crippen molar-refractivity contribution < 1.29 is 5.11 Å². The number of nitrogens with one attached hydrogen (secondary N) is 1. The summed E-state index contributed by atoms with van der Waals surface area (Å²) in [4.78, 5) is 2.44. The summed E-state index contributed by atoms with van der Waals surface area (Å²) in [6.45, 7) is 5.96. The van der Waals surface area contributed by atoms with E-state index in [1.807, 2.05) is 0 Å². The second kappa shape index (κ2) is 6.58. The van der Waals surface area contributed by atoms with Gasteiger partial charge in [-0.05, 0) is 25.7 Å². The van der Waals surface area contributed by atoms with E-state index in [0.717, 1.165) is 55.6 Å². The highest BCUT2D eigenvalue weighted by atomic mass is 32.1. The molecule has 21 heavy (non-hydrogen) atoms. The minimum absolute atomic E-state index is 0.385. The molecule has 1 aliphatic heterocycles. The molecule has 0 radical (unpaired) electrons. The maximum atomic E-state index is 10.7. The number of piperidine rings is 1. The van der Waals surface area contributed by atoms with Crippen molar-refractivity contribution in [2.24, 2.45) is 5.92 Å². The molecule has 1 saturated carbocycles. The van der Waals surface area contributed by atoms with Gasteiger partial charge in [-0.2, -0.15) is 0 Å². The molecule has 118 valence electrons. The van der Waals surface area contributed by atoms with Crippen LogP contribution in [0.15, 0.2) is 0 Å². The fourth-order valence-corrected chi connectivity index (χ4v) is 4.40. The Kier molecular flexibility index (Phi) is 4.76. The van der Waals surface area contributed by atoms with E-state index in [1.54, 1.807) is 11.3 Å². The van der Waals surface area contributed by atoms with Crippen LogP contribution in [0.25, 0.3) is 0 Å². The predicted molar refractivity (Wildman–Crippen MR) is 85.5 cm³/mol. The molecule has 0 spiro atoms. The Hall–Kier alpha value is -0.720. The lowest BCUT2D eigenvalue weighted by Gasteiger charge is -2.47. The molecule has 0 bridgehead atoms. The lowest BCUT2D eigenvalue weighted by molar-refractivity contribution is -0.0968. The van der Waals surface area contributed by atoms with Crippen LogP contribution in [0.1, 0.15) is 50.5 Å². The molecule has 2 unspecified atom stereocenters. The molecule has 3 rings (SSSR count). The maximum absolute atomic E-state index is 10.7. The van der Waals surface area contributed by atoms with Crippen molar-refractivity contribution in [1.82, 2.24) is 15.1 Å². The van der Waals surface area contributed by atoms with Crippen molar-refractivity contribution in [2.75, 3.05) is 25.0 Å². The van der Waals surface area contributed by atoms with Crippen molar-refractivity contribution in [3.8, 4) is 0 Å². The summed E-state index contributed by atoms with van der Waals surface area (Å²) in [6, 6.07) is 0. The van der Waals surface area contributed by atoms with E-state index in [-0.39, 0.29) is 5.60 Å². The van der Waals surface area contributed by atoms with Gasteiger partial charge in [0.25, 0.3) is 0 Å². The van der Waals surface area contributed by atoms with Crippen LogP contribution in [-0.2, 0) is 6.54 Å². The van der Waals surface area contributed by atoms with E-state index >= 15 is 0 Å². The number of hydrogen-bond donors (Lipinski definition) is 2. The summed E-state index contributed by atoms with van der Waals surface area (Å²) in [5.41, 5.74) is -0.385. The van der Waals surface area contributed by atoms with Gasteiger partial charge in [0.2, 0.25) is 5.13 Å². The zero-order valence-corrected chi connectivity index (χ0v) is 13.7. The molecule has 0 aromatic carbocycles. The first-order valence-electron chi connectivity index (χ1n) is 8.20. The molecule has 2 fully saturated rings. The maximum Gasteiger partial charge on any atom is 0.205 e. The number of rotatable bonds is 5. The molecular weight excluding hydrogens is 284 g/mol. The number of aliphatic hydroxyl groups is 1. The Morgan fingerprint density at radius 1 is 1.38 bits per heavy atom. The molecule has 2 N–H and O–H groups in total. The standard InChI is InChI=1S/C15H26N4OS/c1-2-8-16-14-18-17-13(21-14)11-19-9-7-15(20)6-4-3-5-12(15)10-19/h12,20H,2-11H2,1H3,(H,16,18). The van der Waals surface area contributed by atoms with Gasteiger partial charge in [-0.3, -0.25) is 4.90 Å². The van der Waals surface area contributed by atoms with Gasteiger partial charge in [0.05, 0.1) is 12.1 Å². The van der Waals surface area contributed by atoms with E-state index in [9.17, 15) is 5.11 Å². The van der Waals surface area contributed by atoms with Gasteiger partial charge < -0.3 is 10.4 Å². The third kappa shape index (κ3) is 3.55. The quantitative estimate of drug-likeness (QED) is 0.875. The molecule has 2 atom stereocenters. The van der Waals surface area contributed by atoms with Crippen LogP contribution in [-0.4, -0.2) is 45.4 Å². The van der Waals surface area contributed by atoms with Gasteiger partial charge in [0, 0.05) is 25.6 Å². The molecule has 1 aliphatic carbocycles. The zero-order chi connectivity index (χ0) is 14.7. The molecule has 6 heteroatoms. The minimum Gasteiger partial charge on any atom is -0.390 e. The van der Waals surface area contributed by atoms with E-state index in [1.165, 1.54) is 19.3 Å². The number of aromatic nitrogens is 2. The lowest BCUT2D eigenvalue weighted by atomic mass is 9.71. The summed E-state index contributed by atoms with van der Waals surface area (Å²) in [6.07, 6.45) is 6.64. The Morgan fingerprint density at radius 3 is 3.14 bits per heavy atom. The molecule has 1 saturated heterocycles. The van der Waals surface area contributed by atoms with E-state index in [2.05, 4.69) is 27.3 Å². The number of likely N-dealkylation sites (tertiary alicyclic amines) is 1. The van der Waals surface area contributed by atoms with Gasteiger partial charge in [0.15, 0.2) is 0 Å². The van der Waals surface area contributed by atoms with Crippen LogP contribution in [0.2, 0.25) is 0 Å². The van der Waals surface area contributed by atoms with E-state index in [4.69, 9.17) is 0 Å². The first kappa shape index (κ1) is 15.2. The fraction of sp³-hybridized carbons (Fsp3) is 0.867. The summed E-state index contributed by atoms with van der Waals surface area (Å²) in [5.74, 6) is 0.450. The third-order valence-electron chi connectivity index (χ3n) is 4.86. The average Bonchev–Trinajstić information content (AvgIpc) is 2.93. The SMILES string of the molecule is CCCNc1nnc(CN2CCC3(O)CCCCC3C2)s1. The summed E-state index contributed by atoms with van der Waals surface area (Å²) >= 11 is 1.66. The van der Waals surface area contributed by atoms with Crippen LogP contribution in [0, 0.1) is 5.92 Å². The normalized spacial score (nSPS) is 30.1. The topological polar surface area (TPSA) is 61.3 Å². The smallest absolute Gasteiger partial charge is 0.205 e. The Bertz CT molecular complexity index is 466. The van der Waals surface area contributed by atoms with Gasteiger partial charge in [-0.25, -0.2) is 0 Å². The zero-order valence-electron chi connectivity index (χ0n) is 12.8. The summed E-state index contributed by atoms with van der Waals surface area (Å²) in [7, 11) is 0. The van der Waals surface area contributed by atoms with E-state index < -0.39 is 0 Å². The first-order valence-corrected chi connectivity index (χ1v) is 9.02. The van der Waals surface area contributed by atoms with Gasteiger partial charge >= 0.3 is 0 Å². The average molecular weight is 310 g/mol. The van der Waals surface area contributed by atoms with Crippen molar-refractivity contribution >= 4 is 16.5 Å². The fourth-order valence-electron chi connectivity index (χ4n) is 3.60. The number of nitrogens with zero attached hydrogens (tertiary/aromatic N) is 3. The minimum atomic E-state index is -0.385. The largest absolute Gasteiger partial charge is 0.390 e. The lowest BCUT2D eigenvalue weighted by Crippen LogP contribution is -2.52. The highest BCUT2D eigenvalue weighted by molar-refractivity contribution is 7.15. The van der Waals surface area contributed by atoms with Gasteiger partial charge in [-0.1, -0.05) is 31.1 Å². The van der Waals surface area contributed by atoms with Crippen molar-refractivity contribution in [2.45, 2.75) is 57.6 Å². The second-order valence-corrected chi connectivity index (χ2v) is 7.52. The Labute approximate surface area is 130 Å². The molecule has 5 nitrogen and oxygen atoms in total. The molecule has 1 aromatic heterocycles. The second-order valence-electron chi connectivity index (χ2n) is 6.46. The number of fused-ring (bicyclic) bond motifs is 1. The number of hydrogen-bond acceptors (Lipinski definition) is 6. The van der Waals surface area contributed by atoms with Crippen LogP contribution in [0.5, 0.6) is 0 Å². The van der Waals surface area contributed by atoms with Crippen molar-refractivity contribution in [3.63, 3.8) is 0 Å². The van der Waals surface area contributed by atoms with Crippen molar-refractivity contribution in [1.29, 1.82) is 0 Å². The summed E-state index contributed by atoms with van der Waals surface area (Å²) in [5, 5.41) is 24.5. The molecule has 2 heterocycles. The van der Waals surface area contributed by atoms with Gasteiger partial charge in [0.1, 0.15) is 5.01 Å². The van der Waals surface area contributed by atoms with Crippen LogP contribution in [0.4, 0.5) is 5.13 Å². The molecule has 2 aliphatic rings. The highest BCUT2D eigenvalue weighted by Crippen LogP contribution is 2.40. The van der Waals surface area contributed by atoms with E-state index in [0.29, 0.717) is 5.92 Å². The monoisotopic (exact) mass is 310 g/mol. The predicted octanol–water partition coefficient (Wildman–Crippen LogP) is 2.49. The third-order valence-corrected chi connectivity index (χ3v) is 5.73. The Morgan fingerprint density at radius 2 is 2.29 bits per heavy atom. The van der Waals surface area contributed by atoms with Gasteiger partial charge in [-0.15, -0.1) is 10.2 Å². The highest BCUT2D eigenvalue weighted by Gasteiger charge is 2.42. The number of anilines is 1. The van der Waals surface area contributed by atoms with Crippen LogP contribution in [0.3, 0.4) is 0 Å². The summed E-state index contributed by atoms with van der Waals surface area (Å²) < 4.78 is 0. The van der Waals surface area contributed by atoms with Crippen LogP contribution >= 0.6 is 11.3 Å². The molecule has 0 amide bonds. The van der Waals surface area contributed by atoms with Crippen molar-refractivity contribution in [3.05, 3.63) is 5.01 Å². The molecular formula is C15H26N4OS. The first-order chi connectivity index (χ1) is 10.2. The Balaban J connectivity index is 1.55. The van der Waals surface area contributed by atoms with Crippen LogP contribution < -0.4 is 5.32 Å². The molecule has 1 aromatic rings.